The Kier molecular flexibility index (Phi) is 3.73. The van der Waals surface area contributed by atoms with Crippen molar-refractivity contribution in [2.75, 3.05) is 13.2 Å². The number of nitrogens with zero attached hydrogens (tertiary/aromatic N) is 1. The molecule has 0 aliphatic carbocycles. The highest BCUT2D eigenvalue weighted by molar-refractivity contribution is 7.89. The second-order valence-corrected chi connectivity index (χ2v) is 6.21. The number of esters is 1. The summed E-state index contributed by atoms with van der Waals surface area (Å²) < 4.78 is 30.3. The van der Waals surface area contributed by atoms with E-state index in [-0.39, 0.29) is 18.0 Å². The number of ether oxygens (including phenoxy) is 1. The monoisotopic (exact) mass is 281 g/mol. The number of aryl methyl sites for hydroxylation is 1. The summed E-state index contributed by atoms with van der Waals surface area (Å²) in [5, 5.41) is 0. The summed E-state index contributed by atoms with van der Waals surface area (Å²) in [6, 6.07) is 5.82. The van der Waals surface area contributed by atoms with Crippen LogP contribution in [0.25, 0.3) is 0 Å². The lowest BCUT2D eigenvalue weighted by Crippen LogP contribution is -2.21. The van der Waals surface area contributed by atoms with E-state index in [1.807, 2.05) is 6.92 Å². The second-order valence-electron chi connectivity index (χ2n) is 4.32. The Hall–Kier alpha value is -1.66. The van der Waals surface area contributed by atoms with Crippen molar-refractivity contribution in [2.24, 2.45) is 0 Å². The fourth-order valence-corrected chi connectivity index (χ4v) is 3.17. The maximum atomic E-state index is 12.2. The number of hydrogen-bond acceptors (Lipinski definition) is 4. The lowest BCUT2D eigenvalue weighted by atomic mass is 10.2. The Balaban J connectivity index is 2.09. The summed E-state index contributed by atoms with van der Waals surface area (Å²) >= 11 is 0. The van der Waals surface area contributed by atoms with Gasteiger partial charge in [-0.1, -0.05) is 30.4 Å². The smallest absolute Gasteiger partial charge is 0.326 e. The molecule has 0 radical (unpaired) electrons. The number of carbonyl (C=O) groups is 1. The molecule has 1 fully saturated rings. The van der Waals surface area contributed by atoms with Crippen molar-refractivity contribution >= 4 is 16.0 Å². The number of sulfonamides is 1. The van der Waals surface area contributed by atoms with Gasteiger partial charge in [0.15, 0.2) is 0 Å². The highest BCUT2D eigenvalue weighted by Gasteiger charge is 2.50. The molecular weight excluding hydrogens is 266 g/mol. The van der Waals surface area contributed by atoms with Crippen molar-refractivity contribution in [1.29, 1.82) is 0 Å². The third-order valence-corrected chi connectivity index (χ3v) is 4.70. The van der Waals surface area contributed by atoms with Crippen molar-refractivity contribution < 1.29 is 17.9 Å². The average molecular weight is 281 g/mol. The summed E-state index contributed by atoms with van der Waals surface area (Å²) in [6.45, 7) is 5.57. The van der Waals surface area contributed by atoms with E-state index in [0.29, 0.717) is 0 Å². The molecule has 2 atom stereocenters. The van der Waals surface area contributed by atoms with Crippen molar-refractivity contribution in [3.63, 3.8) is 0 Å². The quantitative estimate of drug-likeness (QED) is 0.460. The van der Waals surface area contributed by atoms with Gasteiger partial charge in [-0.2, -0.15) is 4.31 Å². The average Bonchev–Trinajstić information content (AvgIpc) is 3.17. The van der Waals surface area contributed by atoms with Gasteiger partial charge >= 0.3 is 5.97 Å². The highest BCUT2D eigenvalue weighted by atomic mass is 32.2. The zero-order chi connectivity index (χ0) is 14.0. The van der Waals surface area contributed by atoms with Gasteiger partial charge in [0.05, 0.1) is 4.90 Å². The van der Waals surface area contributed by atoms with Gasteiger partial charge in [0.25, 0.3) is 0 Å². The lowest BCUT2D eigenvalue weighted by molar-refractivity contribution is -0.142. The molecule has 0 N–H and O–H groups in total. The van der Waals surface area contributed by atoms with Crippen LogP contribution in [-0.4, -0.2) is 37.9 Å². The second kappa shape index (κ2) is 5.14. The molecule has 0 saturated carbocycles. The fraction of sp³-hybridized carbons (Fsp3) is 0.308. The van der Waals surface area contributed by atoms with Crippen molar-refractivity contribution in [3.05, 3.63) is 42.5 Å². The van der Waals surface area contributed by atoms with E-state index < -0.39 is 22.0 Å². The SMILES string of the molecule is C=CCOC(=O)[C@@H]1CN1S(=O)(=O)c1ccc(C)cc1. The molecule has 1 aromatic rings. The molecule has 1 aromatic carbocycles. The fourth-order valence-electron chi connectivity index (χ4n) is 1.66. The van der Waals surface area contributed by atoms with E-state index in [4.69, 9.17) is 4.74 Å². The van der Waals surface area contributed by atoms with Crippen molar-refractivity contribution in [1.82, 2.24) is 4.31 Å². The lowest BCUT2D eigenvalue weighted by Gasteiger charge is -2.06. The van der Waals surface area contributed by atoms with E-state index in [2.05, 4.69) is 6.58 Å². The number of rotatable bonds is 5. The summed E-state index contributed by atoms with van der Waals surface area (Å²) in [5.41, 5.74) is 0.978. The zero-order valence-electron chi connectivity index (χ0n) is 10.6. The van der Waals surface area contributed by atoms with Gasteiger partial charge in [0.1, 0.15) is 12.6 Å². The van der Waals surface area contributed by atoms with Gasteiger partial charge in [-0.3, -0.25) is 4.79 Å². The third kappa shape index (κ3) is 2.85. The maximum Gasteiger partial charge on any atom is 0.326 e. The van der Waals surface area contributed by atoms with Gasteiger partial charge in [0.2, 0.25) is 10.0 Å². The Morgan fingerprint density at radius 1 is 1.47 bits per heavy atom. The predicted molar refractivity (Wildman–Crippen MR) is 70.0 cm³/mol. The minimum Gasteiger partial charge on any atom is -0.460 e. The molecule has 1 aliphatic heterocycles. The van der Waals surface area contributed by atoms with Crippen LogP contribution in [0.2, 0.25) is 0 Å². The van der Waals surface area contributed by atoms with E-state index in [1.165, 1.54) is 18.2 Å². The molecule has 19 heavy (non-hydrogen) atoms. The first-order valence-electron chi connectivity index (χ1n) is 5.83. The summed E-state index contributed by atoms with van der Waals surface area (Å²) in [4.78, 5) is 11.7. The molecule has 5 nitrogen and oxygen atoms in total. The van der Waals surface area contributed by atoms with Crippen LogP contribution in [0.15, 0.2) is 41.8 Å². The largest absolute Gasteiger partial charge is 0.460 e. The Labute approximate surface area is 112 Å². The number of benzene rings is 1. The molecule has 0 aromatic heterocycles. The highest BCUT2D eigenvalue weighted by Crippen LogP contribution is 2.29. The molecule has 1 heterocycles. The normalized spacial score (nSPS) is 21.7. The van der Waals surface area contributed by atoms with Crippen LogP contribution in [0.3, 0.4) is 0 Å². The zero-order valence-corrected chi connectivity index (χ0v) is 11.4. The molecule has 1 saturated heterocycles. The molecule has 0 bridgehead atoms. The van der Waals surface area contributed by atoms with E-state index in [1.54, 1.807) is 12.1 Å². The first kappa shape index (κ1) is 13.8. The molecule has 1 unspecified atom stereocenters. The molecule has 0 spiro atoms. The van der Waals surface area contributed by atoms with Crippen molar-refractivity contribution in [2.45, 2.75) is 17.9 Å². The van der Waals surface area contributed by atoms with Crippen LogP contribution < -0.4 is 0 Å². The van der Waals surface area contributed by atoms with Crippen LogP contribution in [-0.2, 0) is 19.6 Å². The van der Waals surface area contributed by atoms with Crippen LogP contribution >= 0.6 is 0 Å². The van der Waals surface area contributed by atoms with Gasteiger partial charge in [-0.05, 0) is 19.1 Å². The van der Waals surface area contributed by atoms with E-state index in [9.17, 15) is 13.2 Å². The minimum absolute atomic E-state index is 0.0910. The molecule has 2 rings (SSSR count). The Bertz CT molecular complexity index is 592. The molecule has 0 amide bonds. The standard InChI is InChI=1S/C13H15NO4S/c1-3-8-18-13(15)12-9-14(12)19(16,17)11-6-4-10(2)5-7-11/h3-7,12H,1,8-9H2,2H3/t12-,14?/m0/s1. The molecule has 102 valence electrons. The van der Waals surface area contributed by atoms with Gasteiger partial charge in [-0.15, -0.1) is 0 Å². The minimum atomic E-state index is -3.60. The van der Waals surface area contributed by atoms with E-state index in [0.717, 1.165) is 9.87 Å². The van der Waals surface area contributed by atoms with Crippen LogP contribution in [0.5, 0.6) is 0 Å². The van der Waals surface area contributed by atoms with Gasteiger partial charge in [0, 0.05) is 6.54 Å². The topological polar surface area (TPSA) is 63.5 Å². The molecule has 6 heteroatoms. The van der Waals surface area contributed by atoms with Crippen LogP contribution in [0.1, 0.15) is 5.56 Å². The summed E-state index contributed by atoms with van der Waals surface area (Å²) in [7, 11) is -3.60. The third-order valence-electron chi connectivity index (χ3n) is 2.81. The summed E-state index contributed by atoms with van der Waals surface area (Å²) in [5.74, 6) is -0.532. The maximum absolute atomic E-state index is 12.2. The number of carbonyl (C=O) groups excluding carboxylic acids is 1. The first-order valence-corrected chi connectivity index (χ1v) is 7.27. The first-order chi connectivity index (χ1) is 8.96. The van der Waals surface area contributed by atoms with Crippen LogP contribution in [0.4, 0.5) is 0 Å². The molecule has 1 aliphatic rings. The predicted octanol–water partition coefficient (Wildman–Crippen LogP) is 1.10. The van der Waals surface area contributed by atoms with Gasteiger partial charge in [-0.25, -0.2) is 8.42 Å². The molecular formula is C13H15NO4S. The van der Waals surface area contributed by atoms with Crippen molar-refractivity contribution in [3.8, 4) is 0 Å². The summed E-state index contributed by atoms with van der Waals surface area (Å²) in [6.07, 6.45) is 1.44. The Morgan fingerprint density at radius 3 is 2.68 bits per heavy atom. The van der Waals surface area contributed by atoms with Crippen LogP contribution in [0, 0.1) is 6.92 Å². The Morgan fingerprint density at radius 2 is 2.11 bits per heavy atom. The number of hydrogen-bond donors (Lipinski definition) is 0. The van der Waals surface area contributed by atoms with E-state index >= 15 is 0 Å². The van der Waals surface area contributed by atoms with Gasteiger partial charge < -0.3 is 4.74 Å².